The number of rotatable bonds is 8. The van der Waals surface area contributed by atoms with Crippen molar-refractivity contribution in [1.82, 2.24) is 21.3 Å². The number of nitrogens with one attached hydrogen (secondary N) is 4. The van der Waals surface area contributed by atoms with Gasteiger partial charge in [0.25, 0.3) is 0 Å². The molecule has 7 N–H and O–H groups in total. The largest absolute Gasteiger partial charge is 0.497 e. The second-order valence-corrected chi connectivity index (χ2v) is 15.2. The quantitative estimate of drug-likeness (QED) is 0.226. The Morgan fingerprint density at radius 2 is 1.58 bits per heavy atom. The Labute approximate surface area is 270 Å². The van der Waals surface area contributed by atoms with Gasteiger partial charge in [-0.1, -0.05) is 64.1 Å². The minimum Gasteiger partial charge on any atom is -0.497 e. The van der Waals surface area contributed by atoms with Crippen LogP contribution in [0.25, 0.3) is 0 Å². The van der Waals surface area contributed by atoms with Crippen molar-refractivity contribution in [1.29, 1.82) is 0 Å². The lowest BCUT2D eigenvalue weighted by atomic mass is 10.00. The number of methoxy groups -OCH3 is 1. The van der Waals surface area contributed by atoms with Gasteiger partial charge in [0.2, 0.25) is 23.6 Å². The summed E-state index contributed by atoms with van der Waals surface area (Å²) in [5.41, 5.74) is 7.77. The van der Waals surface area contributed by atoms with Crippen LogP contribution in [0.2, 0.25) is 0 Å². The van der Waals surface area contributed by atoms with E-state index in [0.717, 1.165) is 21.9 Å². The first-order chi connectivity index (χ1) is 21.1. The summed E-state index contributed by atoms with van der Waals surface area (Å²) in [7, 11) is 3.90. The highest BCUT2D eigenvalue weighted by Crippen LogP contribution is 2.46. The van der Waals surface area contributed by atoms with Gasteiger partial charge in [-0.3, -0.25) is 19.2 Å². The molecule has 0 aromatic heterocycles. The van der Waals surface area contributed by atoms with Crippen LogP contribution in [0.15, 0.2) is 54.6 Å². The van der Waals surface area contributed by atoms with Crippen LogP contribution in [0.5, 0.6) is 5.75 Å². The topological polar surface area (TPSA) is 189 Å². The van der Waals surface area contributed by atoms with Crippen LogP contribution in [0.1, 0.15) is 38.8 Å². The van der Waals surface area contributed by atoms with Crippen molar-refractivity contribution < 1.29 is 33.8 Å². The van der Waals surface area contributed by atoms with Gasteiger partial charge in [-0.25, -0.2) is 4.79 Å². The molecule has 1 heterocycles. The first-order valence-corrected chi connectivity index (χ1v) is 16.5. The molecule has 0 bridgehead atoms. The molecule has 3 rings (SSSR count). The maximum Gasteiger partial charge on any atom is 0.327 e. The van der Waals surface area contributed by atoms with Gasteiger partial charge in [-0.05, 0) is 57.4 Å². The van der Waals surface area contributed by atoms with Crippen LogP contribution < -0.4 is 31.7 Å². The van der Waals surface area contributed by atoms with Crippen LogP contribution in [0.4, 0.5) is 0 Å². The molecule has 4 atom stereocenters. The zero-order valence-electron chi connectivity index (χ0n) is 25.9. The summed E-state index contributed by atoms with van der Waals surface area (Å²) in [4.78, 5) is 65.6. The van der Waals surface area contributed by atoms with Gasteiger partial charge in [-0.2, -0.15) is 0 Å². The van der Waals surface area contributed by atoms with Gasteiger partial charge >= 0.3 is 5.97 Å². The SMILES string of the molecule is COc1ccc(C[C@H](N)C(=O)N[C@H]2C(=O)NCC(=O)N[C@@H](Cc3ccccc3)C(=O)N[C@@H](C(=O)O)C(C)(C)SSC2(C)C)cc1. The predicted octanol–water partition coefficient (Wildman–Crippen LogP) is 1.42. The van der Waals surface area contributed by atoms with Gasteiger partial charge in [0.1, 0.15) is 23.9 Å². The monoisotopic (exact) mass is 659 g/mol. The molecule has 1 fully saturated rings. The van der Waals surface area contributed by atoms with Crippen molar-refractivity contribution in [3.8, 4) is 5.75 Å². The van der Waals surface area contributed by atoms with E-state index in [1.54, 1.807) is 83.3 Å². The maximum atomic E-state index is 13.5. The highest BCUT2D eigenvalue weighted by Gasteiger charge is 2.44. The molecule has 14 heteroatoms. The van der Waals surface area contributed by atoms with E-state index in [9.17, 15) is 29.1 Å². The number of benzene rings is 2. The van der Waals surface area contributed by atoms with E-state index in [4.69, 9.17) is 10.5 Å². The molecule has 0 aliphatic carbocycles. The summed E-state index contributed by atoms with van der Waals surface area (Å²) in [6, 6.07) is 11.4. The molecular formula is C31H41N5O7S2. The third-order valence-corrected chi connectivity index (χ3v) is 11.5. The first kappa shape index (κ1) is 35.7. The highest BCUT2D eigenvalue weighted by atomic mass is 33.1. The molecule has 0 spiro atoms. The van der Waals surface area contributed by atoms with Crippen molar-refractivity contribution in [2.45, 2.75) is 74.2 Å². The Kier molecular flexibility index (Phi) is 12.3. The fourth-order valence-corrected chi connectivity index (χ4v) is 7.39. The molecule has 0 saturated carbocycles. The maximum absolute atomic E-state index is 13.5. The van der Waals surface area contributed by atoms with Crippen molar-refractivity contribution in [2.75, 3.05) is 13.7 Å². The smallest absolute Gasteiger partial charge is 0.327 e. The molecule has 0 unspecified atom stereocenters. The zero-order chi connectivity index (χ0) is 33.4. The number of hydrogen-bond donors (Lipinski definition) is 6. The fraction of sp³-hybridized carbons (Fsp3) is 0.452. The Hall–Kier alpha value is -3.75. The van der Waals surface area contributed by atoms with E-state index in [2.05, 4.69) is 21.3 Å². The van der Waals surface area contributed by atoms with E-state index < -0.39 is 69.8 Å². The number of nitrogens with two attached hydrogens (primary N) is 1. The molecule has 0 radical (unpaired) electrons. The standard InChI is InChI=1S/C31H41N5O7S2/c1-30(2)24(35-26(38)21(32)15-19-11-13-20(43-5)14-12-19)28(40)33-17-23(37)34-22(16-18-9-7-6-8-10-18)27(39)36-25(29(41)42)31(3,4)45-44-30/h6-14,21-22,24-25H,15-17,32H2,1-5H3,(H,33,40)(H,34,37)(H,35,38)(H,36,39)(H,41,42)/t21-,22-,24-,25-/m0/s1. The van der Waals surface area contributed by atoms with Crippen LogP contribution >= 0.6 is 21.6 Å². The molecule has 244 valence electrons. The Morgan fingerprint density at radius 1 is 0.956 bits per heavy atom. The summed E-state index contributed by atoms with van der Waals surface area (Å²) in [6.07, 6.45) is 0.295. The van der Waals surface area contributed by atoms with Crippen molar-refractivity contribution in [3.05, 3.63) is 65.7 Å². The second-order valence-electron chi connectivity index (χ2n) is 11.8. The van der Waals surface area contributed by atoms with Crippen molar-refractivity contribution >= 4 is 51.2 Å². The van der Waals surface area contributed by atoms with Crippen molar-refractivity contribution in [3.63, 3.8) is 0 Å². The summed E-state index contributed by atoms with van der Waals surface area (Å²) < 4.78 is 3.05. The Morgan fingerprint density at radius 3 is 2.18 bits per heavy atom. The minimum absolute atomic E-state index is 0.0960. The number of ether oxygens (including phenoxy) is 1. The molecule has 4 amide bonds. The third kappa shape index (κ3) is 10.1. The molecule has 1 aliphatic heterocycles. The zero-order valence-corrected chi connectivity index (χ0v) is 27.6. The van der Waals surface area contributed by atoms with E-state index in [1.807, 2.05) is 6.07 Å². The number of carbonyl (C=O) groups is 5. The second kappa shape index (κ2) is 15.5. The Balaban J connectivity index is 1.87. The number of aliphatic carboxylic acids is 1. The molecule has 12 nitrogen and oxygen atoms in total. The molecule has 45 heavy (non-hydrogen) atoms. The lowest BCUT2D eigenvalue weighted by Gasteiger charge is -2.38. The van der Waals surface area contributed by atoms with Crippen molar-refractivity contribution in [2.24, 2.45) is 5.73 Å². The van der Waals surface area contributed by atoms with Crippen LogP contribution in [-0.4, -0.2) is 82.0 Å². The number of carbonyl (C=O) groups excluding carboxylic acids is 4. The summed E-state index contributed by atoms with van der Waals surface area (Å²) in [5, 5.41) is 20.7. The average Bonchev–Trinajstić information content (AvgIpc) is 3.00. The predicted molar refractivity (Wildman–Crippen MR) is 175 cm³/mol. The third-order valence-electron chi connectivity index (χ3n) is 7.25. The van der Waals surface area contributed by atoms with E-state index in [0.29, 0.717) is 5.75 Å². The highest BCUT2D eigenvalue weighted by molar-refractivity contribution is 8.77. The molecule has 2 aromatic rings. The molecule has 2 aromatic carbocycles. The molecule has 1 aliphatic rings. The van der Waals surface area contributed by atoms with Gasteiger partial charge in [0, 0.05) is 11.2 Å². The van der Waals surface area contributed by atoms with E-state index in [-0.39, 0.29) is 12.8 Å². The first-order valence-electron chi connectivity index (χ1n) is 14.3. The summed E-state index contributed by atoms with van der Waals surface area (Å²) >= 11 is 0. The van der Waals surface area contributed by atoms with E-state index >= 15 is 0 Å². The summed E-state index contributed by atoms with van der Waals surface area (Å²) in [5.74, 6) is -3.15. The summed E-state index contributed by atoms with van der Waals surface area (Å²) in [6.45, 7) is 6.28. The van der Waals surface area contributed by atoms with Gasteiger partial charge in [0.15, 0.2) is 0 Å². The lowest BCUT2D eigenvalue weighted by Crippen LogP contribution is -2.61. The number of amides is 4. The fourth-order valence-electron chi connectivity index (χ4n) is 4.57. The number of carboxylic acids is 1. The van der Waals surface area contributed by atoms with Gasteiger partial charge in [0.05, 0.1) is 24.4 Å². The van der Waals surface area contributed by atoms with Crippen LogP contribution in [0.3, 0.4) is 0 Å². The lowest BCUT2D eigenvalue weighted by molar-refractivity contribution is -0.143. The van der Waals surface area contributed by atoms with Gasteiger partial charge in [-0.15, -0.1) is 0 Å². The average molecular weight is 660 g/mol. The molecular weight excluding hydrogens is 619 g/mol. The normalized spacial score (nSPS) is 22.9. The molecule has 1 saturated heterocycles. The van der Waals surface area contributed by atoms with Crippen LogP contribution in [-0.2, 0) is 36.8 Å². The number of hydrogen-bond acceptors (Lipinski definition) is 9. The van der Waals surface area contributed by atoms with Gasteiger partial charge < -0.3 is 36.8 Å². The minimum atomic E-state index is -1.35. The Bertz CT molecular complexity index is 1370. The van der Waals surface area contributed by atoms with E-state index in [1.165, 1.54) is 10.8 Å². The number of carboxylic acid groups (broad SMARTS) is 1. The van der Waals surface area contributed by atoms with Crippen LogP contribution in [0, 0.1) is 0 Å².